The molecule has 25 heavy (non-hydrogen) atoms. The predicted octanol–water partition coefficient (Wildman–Crippen LogP) is 3.38. The summed E-state index contributed by atoms with van der Waals surface area (Å²) in [5.41, 5.74) is 3.13. The predicted molar refractivity (Wildman–Crippen MR) is 101 cm³/mol. The SMILES string of the molecule is CN1CCC(N2C(=NC(=O)c3ccccc3)Cc3ccccc32)CC1. The maximum absolute atomic E-state index is 12.6. The summed E-state index contributed by atoms with van der Waals surface area (Å²) in [5.74, 6) is 0.742. The molecule has 0 unspecified atom stereocenters. The van der Waals surface area contributed by atoms with Crippen LogP contribution in [0, 0.1) is 0 Å². The van der Waals surface area contributed by atoms with Crippen LogP contribution in [0.4, 0.5) is 5.69 Å². The molecule has 128 valence electrons. The first-order valence-electron chi connectivity index (χ1n) is 8.95. The van der Waals surface area contributed by atoms with Gasteiger partial charge in [0.2, 0.25) is 0 Å². The Hall–Kier alpha value is -2.46. The molecule has 2 aromatic carbocycles. The number of fused-ring (bicyclic) bond motifs is 1. The van der Waals surface area contributed by atoms with Crippen LogP contribution in [0.1, 0.15) is 28.8 Å². The normalized spacial score (nSPS) is 20.0. The van der Waals surface area contributed by atoms with Gasteiger partial charge in [0.1, 0.15) is 5.84 Å². The van der Waals surface area contributed by atoms with E-state index in [1.54, 1.807) is 0 Å². The molecule has 1 saturated heterocycles. The minimum absolute atomic E-state index is 0.152. The molecule has 0 aromatic heterocycles. The second kappa shape index (κ2) is 6.81. The highest BCUT2D eigenvalue weighted by Gasteiger charge is 2.33. The Morgan fingerprint density at radius 3 is 2.44 bits per heavy atom. The van der Waals surface area contributed by atoms with Gasteiger partial charge >= 0.3 is 0 Å². The summed E-state index contributed by atoms with van der Waals surface area (Å²) in [7, 11) is 2.17. The minimum atomic E-state index is -0.152. The number of hydrogen-bond donors (Lipinski definition) is 0. The lowest BCUT2D eigenvalue weighted by Gasteiger charge is -2.36. The van der Waals surface area contributed by atoms with Crippen LogP contribution in [0.25, 0.3) is 0 Å². The zero-order valence-electron chi connectivity index (χ0n) is 14.6. The Morgan fingerprint density at radius 2 is 1.68 bits per heavy atom. The molecule has 0 radical (unpaired) electrons. The van der Waals surface area contributed by atoms with E-state index in [2.05, 4.69) is 46.1 Å². The molecule has 0 spiro atoms. The van der Waals surface area contributed by atoms with E-state index in [1.807, 2.05) is 30.3 Å². The fourth-order valence-corrected chi connectivity index (χ4v) is 3.81. The summed E-state index contributed by atoms with van der Waals surface area (Å²) < 4.78 is 0. The lowest BCUT2D eigenvalue weighted by atomic mass is 10.0. The highest BCUT2D eigenvalue weighted by atomic mass is 16.1. The highest BCUT2D eigenvalue weighted by Crippen LogP contribution is 2.34. The number of nitrogens with zero attached hydrogens (tertiary/aromatic N) is 3. The Kier molecular flexibility index (Phi) is 4.36. The largest absolute Gasteiger partial charge is 0.326 e. The second-order valence-electron chi connectivity index (χ2n) is 6.91. The molecule has 4 rings (SSSR count). The van der Waals surface area contributed by atoms with Gasteiger partial charge in [0.05, 0.1) is 0 Å². The number of carbonyl (C=O) groups is 1. The third-order valence-corrected chi connectivity index (χ3v) is 5.18. The average Bonchev–Trinajstić information content (AvgIpc) is 3.01. The number of para-hydroxylation sites is 1. The van der Waals surface area contributed by atoms with Crippen molar-refractivity contribution in [3.63, 3.8) is 0 Å². The molecule has 1 amide bonds. The van der Waals surface area contributed by atoms with E-state index in [9.17, 15) is 4.79 Å². The summed E-state index contributed by atoms with van der Waals surface area (Å²) in [6.45, 7) is 2.17. The van der Waals surface area contributed by atoms with Gasteiger partial charge in [-0.25, -0.2) is 0 Å². The van der Waals surface area contributed by atoms with E-state index < -0.39 is 0 Å². The third kappa shape index (κ3) is 3.22. The lowest BCUT2D eigenvalue weighted by molar-refractivity contribution is 0.100. The van der Waals surface area contributed by atoms with Crippen molar-refractivity contribution in [2.24, 2.45) is 4.99 Å². The maximum atomic E-state index is 12.6. The van der Waals surface area contributed by atoms with Crippen molar-refractivity contribution in [1.82, 2.24) is 4.90 Å². The summed E-state index contributed by atoms with van der Waals surface area (Å²) >= 11 is 0. The zero-order valence-corrected chi connectivity index (χ0v) is 14.6. The van der Waals surface area contributed by atoms with Crippen LogP contribution in [0.3, 0.4) is 0 Å². The molecule has 2 aliphatic rings. The van der Waals surface area contributed by atoms with E-state index in [4.69, 9.17) is 0 Å². The van der Waals surface area contributed by atoms with Gasteiger partial charge in [-0.2, -0.15) is 4.99 Å². The van der Waals surface area contributed by atoms with E-state index in [0.29, 0.717) is 11.6 Å². The van der Waals surface area contributed by atoms with Gasteiger partial charge in [-0.1, -0.05) is 36.4 Å². The van der Waals surface area contributed by atoms with Crippen molar-refractivity contribution in [3.05, 3.63) is 65.7 Å². The molecule has 0 aliphatic carbocycles. The molecule has 1 fully saturated rings. The molecule has 4 nitrogen and oxygen atoms in total. The number of likely N-dealkylation sites (tertiary alicyclic amines) is 1. The monoisotopic (exact) mass is 333 g/mol. The van der Waals surface area contributed by atoms with E-state index in [0.717, 1.165) is 38.2 Å². The molecule has 0 atom stereocenters. The van der Waals surface area contributed by atoms with Crippen LogP contribution < -0.4 is 4.90 Å². The smallest absolute Gasteiger partial charge is 0.278 e. The summed E-state index contributed by atoms with van der Waals surface area (Å²) in [6, 6.07) is 18.2. The topological polar surface area (TPSA) is 35.9 Å². The first-order chi connectivity index (χ1) is 12.2. The van der Waals surface area contributed by atoms with Crippen molar-refractivity contribution in [3.8, 4) is 0 Å². The zero-order chi connectivity index (χ0) is 17.2. The fourth-order valence-electron chi connectivity index (χ4n) is 3.81. The number of anilines is 1. The van der Waals surface area contributed by atoms with Crippen molar-refractivity contribution in [1.29, 1.82) is 0 Å². The lowest BCUT2D eigenvalue weighted by Crippen LogP contribution is -2.45. The fraction of sp³-hybridized carbons (Fsp3) is 0.333. The van der Waals surface area contributed by atoms with Gasteiger partial charge in [0, 0.05) is 23.7 Å². The molecule has 2 heterocycles. The first kappa shape index (κ1) is 16.0. The number of hydrogen-bond acceptors (Lipinski definition) is 2. The van der Waals surface area contributed by atoms with Crippen LogP contribution in [0.2, 0.25) is 0 Å². The van der Waals surface area contributed by atoms with Gasteiger partial charge in [-0.15, -0.1) is 0 Å². The van der Waals surface area contributed by atoms with E-state index in [-0.39, 0.29) is 5.91 Å². The number of rotatable bonds is 2. The Labute approximate surface area is 148 Å². The number of benzene rings is 2. The minimum Gasteiger partial charge on any atom is -0.326 e. The van der Waals surface area contributed by atoms with Crippen molar-refractivity contribution in [2.75, 3.05) is 25.0 Å². The number of aliphatic imine (C=N–C) groups is 1. The van der Waals surface area contributed by atoms with Gasteiger partial charge in [-0.3, -0.25) is 4.79 Å². The van der Waals surface area contributed by atoms with Gasteiger partial charge in [0.15, 0.2) is 0 Å². The Morgan fingerprint density at radius 1 is 1.00 bits per heavy atom. The molecular formula is C21H23N3O. The van der Waals surface area contributed by atoms with Crippen LogP contribution in [0.5, 0.6) is 0 Å². The maximum Gasteiger partial charge on any atom is 0.278 e. The standard InChI is InChI=1S/C21H23N3O/c1-23-13-11-18(12-14-23)24-19-10-6-5-9-17(19)15-20(24)22-21(25)16-7-3-2-4-8-16/h2-10,18H,11-15H2,1H3. The molecule has 2 aromatic rings. The van der Waals surface area contributed by atoms with Crippen molar-refractivity contribution in [2.45, 2.75) is 25.3 Å². The summed E-state index contributed by atoms with van der Waals surface area (Å²) in [6.07, 6.45) is 2.94. The molecule has 0 bridgehead atoms. The average molecular weight is 333 g/mol. The molecule has 2 aliphatic heterocycles. The molecular weight excluding hydrogens is 310 g/mol. The third-order valence-electron chi connectivity index (χ3n) is 5.18. The van der Waals surface area contributed by atoms with E-state index >= 15 is 0 Å². The van der Waals surface area contributed by atoms with Crippen LogP contribution in [-0.4, -0.2) is 42.8 Å². The Balaban J connectivity index is 1.66. The van der Waals surface area contributed by atoms with Crippen LogP contribution in [0.15, 0.2) is 59.6 Å². The highest BCUT2D eigenvalue weighted by molar-refractivity contribution is 6.12. The molecule has 0 N–H and O–H groups in total. The Bertz CT molecular complexity index is 792. The van der Waals surface area contributed by atoms with Crippen LogP contribution >= 0.6 is 0 Å². The van der Waals surface area contributed by atoms with Gasteiger partial charge in [0.25, 0.3) is 5.91 Å². The first-order valence-corrected chi connectivity index (χ1v) is 8.95. The second-order valence-corrected chi connectivity index (χ2v) is 6.91. The van der Waals surface area contributed by atoms with Crippen molar-refractivity contribution < 1.29 is 4.79 Å². The number of carbonyl (C=O) groups excluding carboxylic acids is 1. The molecule has 4 heteroatoms. The number of piperidine rings is 1. The van der Waals surface area contributed by atoms with Gasteiger partial charge in [-0.05, 0) is 56.7 Å². The van der Waals surface area contributed by atoms with Crippen molar-refractivity contribution >= 4 is 17.4 Å². The van der Waals surface area contributed by atoms with E-state index in [1.165, 1.54) is 11.3 Å². The quantitative estimate of drug-likeness (QED) is 0.845. The van der Waals surface area contributed by atoms with Gasteiger partial charge < -0.3 is 9.80 Å². The number of amides is 1. The number of amidine groups is 1. The van der Waals surface area contributed by atoms with Crippen LogP contribution in [-0.2, 0) is 6.42 Å². The summed E-state index contributed by atoms with van der Waals surface area (Å²) in [4.78, 5) is 21.8. The molecule has 0 saturated carbocycles. The summed E-state index contributed by atoms with van der Waals surface area (Å²) in [5, 5.41) is 0.